The zero-order chi connectivity index (χ0) is 20.1. The molecule has 4 heterocycles. The zero-order valence-electron chi connectivity index (χ0n) is 16.7. The van der Waals surface area contributed by atoms with Gasteiger partial charge in [0.25, 0.3) is 0 Å². The van der Waals surface area contributed by atoms with Crippen molar-refractivity contribution in [3.05, 3.63) is 29.7 Å². The minimum absolute atomic E-state index is 0.185. The number of fused-ring (bicyclic) bond motifs is 3. The van der Waals surface area contributed by atoms with Crippen molar-refractivity contribution in [2.24, 2.45) is 7.05 Å². The Labute approximate surface area is 167 Å². The van der Waals surface area contributed by atoms with E-state index >= 15 is 0 Å². The maximum atomic E-state index is 6.19. The van der Waals surface area contributed by atoms with Crippen molar-refractivity contribution in [1.29, 1.82) is 0 Å². The smallest absolute Gasteiger partial charge is 0.223 e. The molecule has 5 rings (SSSR count). The Kier molecular flexibility index (Phi) is 4.00. The fourth-order valence-electron chi connectivity index (χ4n) is 4.05. The van der Waals surface area contributed by atoms with Gasteiger partial charge in [0.15, 0.2) is 17.3 Å². The molecule has 0 saturated carbocycles. The van der Waals surface area contributed by atoms with Crippen LogP contribution < -0.4 is 15.4 Å². The van der Waals surface area contributed by atoms with Gasteiger partial charge < -0.3 is 15.4 Å². The monoisotopic (exact) mass is 393 g/mol. The average Bonchev–Trinajstić information content (AvgIpc) is 3.33. The number of nitrogens with zero attached hydrogens (tertiary/aromatic N) is 8. The van der Waals surface area contributed by atoms with E-state index in [9.17, 15) is 0 Å². The number of benzene rings is 1. The van der Waals surface area contributed by atoms with Gasteiger partial charge >= 0.3 is 0 Å². The molecular formula is C19H23N9O. The lowest BCUT2D eigenvalue weighted by Gasteiger charge is -2.31. The summed E-state index contributed by atoms with van der Waals surface area (Å²) in [4.78, 5) is 11.6. The van der Waals surface area contributed by atoms with E-state index in [-0.39, 0.29) is 5.92 Å². The highest BCUT2D eigenvalue weighted by Crippen LogP contribution is 2.31. The van der Waals surface area contributed by atoms with Crippen LogP contribution in [0.5, 0.6) is 5.75 Å². The normalized spacial score (nSPS) is 17.3. The molecule has 1 aliphatic heterocycles. The van der Waals surface area contributed by atoms with Gasteiger partial charge in [-0.05, 0) is 31.9 Å². The summed E-state index contributed by atoms with van der Waals surface area (Å²) in [6.45, 7) is 3.78. The Balaban J connectivity index is 1.56. The molecule has 1 saturated heterocycles. The molecule has 0 unspecified atom stereocenters. The summed E-state index contributed by atoms with van der Waals surface area (Å²) < 4.78 is 8.86. The van der Waals surface area contributed by atoms with E-state index in [1.807, 2.05) is 32.2 Å². The van der Waals surface area contributed by atoms with Crippen molar-refractivity contribution in [2.45, 2.75) is 25.7 Å². The number of methoxy groups -OCH3 is 1. The molecule has 1 atom stereocenters. The van der Waals surface area contributed by atoms with Crippen LogP contribution in [0.15, 0.2) is 18.2 Å². The predicted molar refractivity (Wildman–Crippen MR) is 109 cm³/mol. The molecule has 0 bridgehead atoms. The van der Waals surface area contributed by atoms with E-state index in [0.29, 0.717) is 22.9 Å². The van der Waals surface area contributed by atoms with Gasteiger partial charge in [0, 0.05) is 31.4 Å². The molecule has 1 fully saturated rings. The fourth-order valence-corrected chi connectivity index (χ4v) is 4.05. The van der Waals surface area contributed by atoms with E-state index < -0.39 is 0 Å². The Morgan fingerprint density at radius 3 is 2.86 bits per heavy atom. The summed E-state index contributed by atoms with van der Waals surface area (Å²) in [6, 6.07) is 5.76. The van der Waals surface area contributed by atoms with Crippen molar-refractivity contribution in [3.63, 3.8) is 0 Å². The molecule has 0 spiro atoms. The Morgan fingerprint density at radius 1 is 1.24 bits per heavy atom. The largest absolute Gasteiger partial charge is 0.494 e. The molecule has 29 heavy (non-hydrogen) atoms. The summed E-state index contributed by atoms with van der Waals surface area (Å²) in [5.74, 6) is 2.86. The first-order chi connectivity index (χ1) is 14.1. The number of nitrogens with two attached hydrogens (primary N) is 1. The van der Waals surface area contributed by atoms with Gasteiger partial charge in [0.1, 0.15) is 11.3 Å². The molecule has 3 aromatic heterocycles. The fraction of sp³-hybridized carbons (Fsp3) is 0.421. The van der Waals surface area contributed by atoms with E-state index in [2.05, 4.69) is 20.2 Å². The van der Waals surface area contributed by atoms with Gasteiger partial charge in [0.2, 0.25) is 5.95 Å². The number of hydrogen-bond donors (Lipinski definition) is 1. The first-order valence-electron chi connectivity index (χ1n) is 9.67. The molecule has 1 aliphatic rings. The third-order valence-electron chi connectivity index (χ3n) is 5.70. The molecule has 0 amide bonds. The Hall–Kier alpha value is -3.43. The predicted octanol–water partition coefficient (Wildman–Crippen LogP) is 1.69. The highest BCUT2D eigenvalue weighted by molar-refractivity contribution is 5.95. The highest BCUT2D eigenvalue weighted by atomic mass is 16.5. The maximum Gasteiger partial charge on any atom is 0.223 e. The van der Waals surface area contributed by atoms with Gasteiger partial charge in [-0.1, -0.05) is 11.3 Å². The maximum absolute atomic E-state index is 6.19. The lowest BCUT2D eigenvalue weighted by atomic mass is 9.97. The number of para-hydroxylation sites is 1. The van der Waals surface area contributed by atoms with Crippen LogP contribution in [0.4, 0.5) is 11.8 Å². The van der Waals surface area contributed by atoms with Crippen molar-refractivity contribution in [1.82, 2.24) is 34.6 Å². The third kappa shape index (κ3) is 2.74. The van der Waals surface area contributed by atoms with Crippen molar-refractivity contribution < 1.29 is 4.74 Å². The zero-order valence-corrected chi connectivity index (χ0v) is 16.7. The Bertz CT molecular complexity index is 1210. The van der Waals surface area contributed by atoms with Crippen LogP contribution in [-0.4, -0.2) is 54.8 Å². The number of hydrogen-bond acceptors (Lipinski definition) is 8. The second-order valence-electron chi connectivity index (χ2n) is 7.44. The lowest BCUT2D eigenvalue weighted by molar-refractivity contribution is 0.419. The minimum Gasteiger partial charge on any atom is -0.494 e. The number of rotatable bonds is 3. The second-order valence-corrected chi connectivity index (χ2v) is 7.44. The van der Waals surface area contributed by atoms with Crippen LogP contribution >= 0.6 is 0 Å². The van der Waals surface area contributed by atoms with Crippen LogP contribution in [0, 0.1) is 6.92 Å². The molecule has 0 aliphatic carbocycles. The van der Waals surface area contributed by atoms with Gasteiger partial charge in [-0.25, -0.2) is 9.97 Å². The Morgan fingerprint density at radius 2 is 2.10 bits per heavy atom. The summed E-state index contributed by atoms with van der Waals surface area (Å²) in [5.41, 5.74) is 8.64. The first-order valence-corrected chi connectivity index (χ1v) is 9.67. The van der Waals surface area contributed by atoms with E-state index in [0.717, 1.165) is 48.7 Å². The standard InChI is InChI=1S/C19H23N9O/c1-11-17(23-25-26(11)2)27-9-5-6-12(10-27)16-22-18-13-7-4-8-14(29-3)15(13)21-19(20)28(18)24-16/h4,7-8,12H,5-6,9-10H2,1-3H3,(H2,20,21)/t12-/m1/s1. The molecule has 0 radical (unpaired) electrons. The second kappa shape index (κ2) is 6.57. The van der Waals surface area contributed by atoms with E-state index in [4.69, 9.17) is 20.6 Å². The molecule has 4 aromatic rings. The van der Waals surface area contributed by atoms with Crippen LogP contribution in [0.3, 0.4) is 0 Å². The number of aryl methyl sites for hydroxylation is 1. The number of aromatic nitrogens is 7. The lowest BCUT2D eigenvalue weighted by Crippen LogP contribution is -2.35. The van der Waals surface area contributed by atoms with Crippen LogP contribution in [0.2, 0.25) is 0 Å². The summed E-state index contributed by atoms with van der Waals surface area (Å²) in [5, 5.41) is 14.0. The molecule has 10 nitrogen and oxygen atoms in total. The summed E-state index contributed by atoms with van der Waals surface area (Å²) in [7, 11) is 3.53. The van der Waals surface area contributed by atoms with Gasteiger partial charge in [0.05, 0.1) is 12.8 Å². The van der Waals surface area contributed by atoms with Crippen LogP contribution in [0.1, 0.15) is 30.3 Å². The van der Waals surface area contributed by atoms with Crippen LogP contribution in [-0.2, 0) is 7.05 Å². The molecule has 1 aromatic carbocycles. The van der Waals surface area contributed by atoms with Crippen LogP contribution in [0.25, 0.3) is 16.6 Å². The summed E-state index contributed by atoms with van der Waals surface area (Å²) in [6.07, 6.45) is 2.06. The van der Waals surface area contributed by atoms with Gasteiger partial charge in [-0.2, -0.15) is 4.52 Å². The molecule has 10 heteroatoms. The molecule has 2 N–H and O–H groups in total. The first kappa shape index (κ1) is 17.7. The topological polar surface area (TPSA) is 112 Å². The van der Waals surface area contributed by atoms with E-state index in [1.165, 1.54) is 0 Å². The van der Waals surface area contributed by atoms with Crippen molar-refractivity contribution >= 4 is 28.3 Å². The molecule has 150 valence electrons. The molecular weight excluding hydrogens is 370 g/mol. The number of anilines is 2. The average molecular weight is 393 g/mol. The van der Waals surface area contributed by atoms with Crippen molar-refractivity contribution in [3.8, 4) is 5.75 Å². The van der Waals surface area contributed by atoms with E-state index in [1.54, 1.807) is 16.3 Å². The highest BCUT2D eigenvalue weighted by Gasteiger charge is 2.28. The SMILES string of the molecule is COc1cccc2c1nc(N)n1nc([C@@H]3CCCN(c4nnn(C)c4C)C3)nc21. The third-order valence-corrected chi connectivity index (χ3v) is 5.70. The van der Waals surface area contributed by atoms with Gasteiger partial charge in [-0.3, -0.25) is 4.68 Å². The van der Waals surface area contributed by atoms with Crippen molar-refractivity contribution in [2.75, 3.05) is 30.8 Å². The number of nitrogen functional groups attached to an aromatic ring is 1. The number of piperidine rings is 1. The summed E-state index contributed by atoms with van der Waals surface area (Å²) >= 11 is 0. The van der Waals surface area contributed by atoms with Gasteiger partial charge in [-0.15, -0.1) is 10.2 Å². The minimum atomic E-state index is 0.185. The quantitative estimate of drug-likeness (QED) is 0.560. The number of ether oxygens (including phenoxy) is 1.